The smallest absolute Gasteiger partial charge is 0.270 e. The van der Waals surface area contributed by atoms with Gasteiger partial charge in [0.05, 0.1) is 0 Å². The van der Waals surface area contributed by atoms with Gasteiger partial charge in [-0.15, -0.1) is 0 Å². The minimum absolute atomic E-state index is 0.0816. The molecule has 0 bridgehead atoms. The van der Waals surface area contributed by atoms with Gasteiger partial charge in [-0.2, -0.15) is 0 Å². The van der Waals surface area contributed by atoms with Crippen molar-refractivity contribution < 1.29 is 14.0 Å². The summed E-state index contributed by atoms with van der Waals surface area (Å²) in [5, 5.41) is 0.418. The largest absolute Gasteiger partial charge is 0.356 e. The van der Waals surface area contributed by atoms with Crippen LogP contribution in [-0.4, -0.2) is 52.7 Å². The fourth-order valence-electron chi connectivity index (χ4n) is 2.91. The van der Waals surface area contributed by atoms with Gasteiger partial charge in [-0.05, 0) is 25.1 Å². The highest BCUT2D eigenvalue weighted by Crippen LogP contribution is 2.21. The fraction of sp³-hybridized carbons (Fsp3) is 0.333. The predicted molar refractivity (Wildman–Crippen MR) is 93.4 cm³/mol. The maximum absolute atomic E-state index is 13.9. The van der Waals surface area contributed by atoms with E-state index in [0.29, 0.717) is 54.6 Å². The summed E-state index contributed by atoms with van der Waals surface area (Å²) < 4.78 is 13.9. The molecule has 0 aliphatic carbocycles. The highest BCUT2D eigenvalue weighted by atomic mass is 35.5. The number of amides is 1. The van der Waals surface area contributed by atoms with Crippen LogP contribution in [0.4, 0.5) is 4.39 Å². The molecule has 132 valence electrons. The van der Waals surface area contributed by atoms with Gasteiger partial charge >= 0.3 is 0 Å². The van der Waals surface area contributed by atoms with E-state index in [4.69, 9.17) is 11.6 Å². The average Bonchev–Trinajstić information content (AvgIpc) is 3.09. The van der Waals surface area contributed by atoms with Crippen LogP contribution in [0.1, 0.15) is 33.3 Å². The molecule has 1 fully saturated rings. The van der Waals surface area contributed by atoms with E-state index in [9.17, 15) is 14.0 Å². The van der Waals surface area contributed by atoms with Crippen molar-refractivity contribution in [2.45, 2.75) is 13.5 Å². The van der Waals surface area contributed by atoms with E-state index in [-0.39, 0.29) is 17.5 Å². The Morgan fingerprint density at radius 1 is 1.24 bits per heavy atom. The highest BCUT2D eigenvalue weighted by molar-refractivity contribution is 6.31. The Labute approximate surface area is 150 Å². The first-order chi connectivity index (χ1) is 12.0. The lowest BCUT2D eigenvalue weighted by Gasteiger charge is -2.34. The Kier molecular flexibility index (Phi) is 5.20. The van der Waals surface area contributed by atoms with Gasteiger partial charge in [0, 0.05) is 55.1 Å². The van der Waals surface area contributed by atoms with Gasteiger partial charge < -0.3 is 9.88 Å². The van der Waals surface area contributed by atoms with Gasteiger partial charge in [0.2, 0.25) is 0 Å². The number of piperazine rings is 1. The molecule has 2 heterocycles. The molecule has 1 N–H and O–H groups in total. The average molecular weight is 364 g/mol. The Bertz CT molecular complexity index is 777. The monoisotopic (exact) mass is 363 g/mol. The van der Waals surface area contributed by atoms with Gasteiger partial charge in [-0.3, -0.25) is 14.5 Å². The Morgan fingerprint density at radius 3 is 2.56 bits per heavy atom. The van der Waals surface area contributed by atoms with E-state index in [0.717, 1.165) is 0 Å². The number of benzene rings is 1. The number of aromatic nitrogens is 1. The summed E-state index contributed by atoms with van der Waals surface area (Å²) in [4.78, 5) is 30.5. The second-order valence-corrected chi connectivity index (χ2v) is 6.53. The maximum atomic E-state index is 13.9. The molecule has 0 radical (unpaired) electrons. The van der Waals surface area contributed by atoms with Crippen LogP contribution in [0, 0.1) is 5.82 Å². The van der Waals surface area contributed by atoms with Gasteiger partial charge in [0.1, 0.15) is 11.5 Å². The number of aromatic amines is 1. The lowest BCUT2D eigenvalue weighted by molar-refractivity contribution is 0.0622. The topological polar surface area (TPSA) is 56.4 Å². The molecular weight excluding hydrogens is 345 g/mol. The first-order valence-corrected chi connectivity index (χ1v) is 8.47. The van der Waals surface area contributed by atoms with Crippen LogP contribution in [0.5, 0.6) is 0 Å². The van der Waals surface area contributed by atoms with Crippen LogP contribution >= 0.6 is 11.6 Å². The quantitative estimate of drug-likeness (QED) is 0.850. The number of nitrogens with zero attached hydrogens (tertiary/aromatic N) is 2. The standard InChI is InChI=1S/C18H19ClFN3O2/c1-12(24)13-9-17(21-10-13)18(25)23-7-5-22(6-8-23)11-14-15(19)3-2-4-16(14)20/h2-4,9-10,21H,5-8,11H2,1H3. The molecule has 7 heteroatoms. The molecule has 25 heavy (non-hydrogen) atoms. The number of hydrogen-bond acceptors (Lipinski definition) is 3. The number of rotatable bonds is 4. The van der Waals surface area contributed by atoms with Crippen molar-refractivity contribution in [2.24, 2.45) is 0 Å². The minimum atomic E-state index is -0.311. The molecule has 1 aliphatic heterocycles. The van der Waals surface area contributed by atoms with Crippen LogP contribution in [0.3, 0.4) is 0 Å². The number of carbonyl (C=O) groups excluding carboxylic acids is 2. The third kappa shape index (κ3) is 3.91. The van der Waals surface area contributed by atoms with Crippen LogP contribution in [0.25, 0.3) is 0 Å². The van der Waals surface area contributed by atoms with Crippen molar-refractivity contribution in [3.63, 3.8) is 0 Å². The summed E-state index contributed by atoms with van der Waals surface area (Å²) in [5.74, 6) is -0.521. The third-order valence-electron chi connectivity index (χ3n) is 4.42. The Balaban J connectivity index is 1.59. The second kappa shape index (κ2) is 7.37. The molecule has 1 aromatic heterocycles. The second-order valence-electron chi connectivity index (χ2n) is 6.13. The van der Waals surface area contributed by atoms with E-state index in [1.807, 2.05) is 0 Å². The molecule has 5 nitrogen and oxygen atoms in total. The predicted octanol–water partition coefficient (Wildman–Crippen LogP) is 2.97. The molecule has 1 aliphatic rings. The van der Waals surface area contributed by atoms with E-state index in [2.05, 4.69) is 9.88 Å². The highest BCUT2D eigenvalue weighted by Gasteiger charge is 2.24. The molecule has 1 amide bonds. The van der Waals surface area contributed by atoms with Crippen LogP contribution in [0.15, 0.2) is 30.5 Å². The molecule has 0 spiro atoms. The van der Waals surface area contributed by atoms with E-state index in [1.165, 1.54) is 13.0 Å². The van der Waals surface area contributed by atoms with Crippen LogP contribution < -0.4 is 0 Å². The molecule has 0 atom stereocenters. The van der Waals surface area contributed by atoms with Crippen LogP contribution in [0.2, 0.25) is 5.02 Å². The van der Waals surface area contributed by atoms with E-state index in [1.54, 1.807) is 29.3 Å². The lowest BCUT2D eigenvalue weighted by atomic mass is 10.1. The number of ketones is 1. The number of nitrogens with one attached hydrogen (secondary N) is 1. The number of Topliss-reactive ketones (excluding diaryl/α,β-unsaturated/α-hetero) is 1. The van der Waals surface area contributed by atoms with Crippen molar-refractivity contribution in [3.8, 4) is 0 Å². The van der Waals surface area contributed by atoms with Crippen molar-refractivity contribution in [2.75, 3.05) is 26.2 Å². The van der Waals surface area contributed by atoms with Crippen molar-refractivity contribution in [1.29, 1.82) is 0 Å². The zero-order valence-electron chi connectivity index (χ0n) is 13.9. The summed E-state index contributed by atoms with van der Waals surface area (Å²) in [6.07, 6.45) is 1.55. The SMILES string of the molecule is CC(=O)c1c[nH]c(C(=O)N2CCN(Cc3c(F)cccc3Cl)CC2)c1. The van der Waals surface area contributed by atoms with Crippen LogP contribution in [-0.2, 0) is 6.54 Å². The van der Waals surface area contributed by atoms with Crippen molar-refractivity contribution in [3.05, 3.63) is 58.1 Å². The Hall–Kier alpha value is -2.18. The number of halogens is 2. The molecule has 1 saturated heterocycles. The molecular formula is C18H19ClFN3O2. The normalized spacial score (nSPS) is 15.4. The first-order valence-electron chi connectivity index (χ1n) is 8.09. The minimum Gasteiger partial charge on any atom is -0.356 e. The van der Waals surface area contributed by atoms with Gasteiger partial charge in [-0.25, -0.2) is 4.39 Å². The zero-order chi connectivity index (χ0) is 18.0. The first kappa shape index (κ1) is 17.6. The molecule has 1 aromatic carbocycles. The number of hydrogen-bond donors (Lipinski definition) is 1. The van der Waals surface area contributed by atoms with Crippen molar-refractivity contribution >= 4 is 23.3 Å². The zero-order valence-corrected chi connectivity index (χ0v) is 14.6. The molecule has 3 rings (SSSR count). The van der Waals surface area contributed by atoms with E-state index >= 15 is 0 Å². The van der Waals surface area contributed by atoms with Gasteiger partial charge in [0.15, 0.2) is 5.78 Å². The number of H-pyrrole nitrogens is 1. The summed E-state index contributed by atoms with van der Waals surface area (Å²) >= 11 is 6.07. The Morgan fingerprint density at radius 2 is 1.96 bits per heavy atom. The number of carbonyl (C=O) groups is 2. The van der Waals surface area contributed by atoms with Gasteiger partial charge in [0.25, 0.3) is 5.91 Å². The van der Waals surface area contributed by atoms with Gasteiger partial charge in [-0.1, -0.05) is 17.7 Å². The maximum Gasteiger partial charge on any atom is 0.270 e. The summed E-state index contributed by atoms with van der Waals surface area (Å²) in [5.41, 5.74) is 1.39. The summed E-state index contributed by atoms with van der Waals surface area (Å²) in [7, 11) is 0. The third-order valence-corrected chi connectivity index (χ3v) is 4.78. The summed E-state index contributed by atoms with van der Waals surface area (Å²) in [6, 6.07) is 6.25. The summed E-state index contributed by atoms with van der Waals surface area (Å²) in [6.45, 7) is 4.24. The van der Waals surface area contributed by atoms with Crippen molar-refractivity contribution in [1.82, 2.24) is 14.8 Å². The lowest BCUT2D eigenvalue weighted by Crippen LogP contribution is -2.48. The van der Waals surface area contributed by atoms with E-state index < -0.39 is 0 Å². The molecule has 0 saturated carbocycles. The fourth-order valence-corrected chi connectivity index (χ4v) is 3.13. The molecule has 0 unspecified atom stereocenters. The molecule has 2 aromatic rings.